The molecule has 0 radical (unpaired) electrons. The Morgan fingerprint density at radius 2 is 2.18 bits per heavy atom. The molecule has 1 heterocycles. The number of nitrogens with two attached hydrogens (primary N) is 1. The van der Waals surface area contributed by atoms with E-state index in [-0.39, 0.29) is 6.04 Å². The topological polar surface area (TPSA) is 41.8 Å². The van der Waals surface area contributed by atoms with Gasteiger partial charge in [0, 0.05) is 17.8 Å². The highest BCUT2D eigenvalue weighted by atomic mass is 79.9. The van der Waals surface area contributed by atoms with Crippen LogP contribution in [0.15, 0.2) is 16.9 Å². The number of H-pyrrole nitrogens is 1. The lowest BCUT2D eigenvalue weighted by molar-refractivity contribution is 0.513. The summed E-state index contributed by atoms with van der Waals surface area (Å²) < 4.78 is 0.999. The zero-order valence-electron chi connectivity index (χ0n) is 6.76. The van der Waals surface area contributed by atoms with Crippen LogP contribution in [0.2, 0.25) is 0 Å². The summed E-state index contributed by atoms with van der Waals surface area (Å²) in [5, 5.41) is 0. The largest absolute Gasteiger partial charge is 0.356 e. The predicted octanol–water partition coefficient (Wildman–Crippen LogP) is 2.43. The van der Waals surface area contributed by atoms with Crippen molar-refractivity contribution in [3.63, 3.8) is 0 Å². The van der Waals surface area contributed by atoms with Crippen molar-refractivity contribution in [2.24, 2.45) is 11.7 Å². The van der Waals surface area contributed by atoms with E-state index >= 15 is 0 Å². The summed E-state index contributed by atoms with van der Waals surface area (Å²) in [6.07, 6.45) is 1.89. The molecule has 1 rings (SSSR count). The quantitative estimate of drug-likeness (QED) is 0.784. The van der Waals surface area contributed by atoms with E-state index in [4.69, 9.17) is 5.73 Å². The molecule has 3 N–H and O–H groups in total. The number of nitrogens with one attached hydrogen (secondary N) is 1. The SMILES string of the molecule is CC(C)[C@H](N)c1cc[nH]c1Br. The minimum Gasteiger partial charge on any atom is -0.356 e. The van der Waals surface area contributed by atoms with Gasteiger partial charge in [-0.1, -0.05) is 13.8 Å². The molecule has 0 fully saturated rings. The molecular formula is C8H13BrN2. The average Bonchev–Trinajstić information content (AvgIpc) is 2.33. The van der Waals surface area contributed by atoms with Gasteiger partial charge in [-0.15, -0.1) is 0 Å². The van der Waals surface area contributed by atoms with Crippen molar-refractivity contribution in [2.45, 2.75) is 19.9 Å². The predicted molar refractivity (Wildman–Crippen MR) is 50.3 cm³/mol. The highest BCUT2D eigenvalue weighted by molar-refractivity contribution is 9.10. The Balaban J connectivity index is 2.84. The van der Waals surface area contributed by atoms with Crippen molar-refractivity contribution >= 4 is 15.9 Å². The first-order valence-electron chi connectivity index (χ1n) is 3.71. The Morgan fingerprint density at radius 1 is 1.55 bits per heavy atom. The molecule has 3 heteroatoms. The van der Waals surface area contributed by atoms with Gasteiger partial charge in [0.1, 0.15) is 0 Å². The monoisotopic (exact) mass is 216 g/mol. The molecular weight excluding hydrogens is 204 g/mol. The third-order valence-corrected chi connectivity index (χ3v) is 2.49. The van der Waals surface area contributed by atoms with Gasteiger partial charge in [0.2, 0.25) is 0 Å². The van der Waals surface area contributed by atoms with Crippen LogP contribution in [-0.4, -0.2) is 4.98 Å². The fourth-order valence-corrected chi connectivity index (χ4v) is 1.51. The van der Waals surface area contributed by atoms with Crippen molar-refractivity contribution in [2.75, 3.05) is 0 Å². The van der Waals surface area contributed by atoms with Crippen LogP contribution in [0.1, 0.15) is 25.5 Å². The van der Waals surface area contributed by atoms with Gasteiger partial charge in [-0.05, 0) is 27.9 Å². The summed E-state index contributed by atoms with van der Waals surface area (Å²) in [4.78, 5) is 3.04. The maximum absolute atomic E-state index is 5.93. The van der Waals surface area contributed by atoms with E-state index in [1.54, 1.807) is 0 Å². The zero-order valence-corrected chi connectivity index (χ0v) is 8.35. The van der Waals surface area contributed by atoms with E-state index < -0.39 is 0 Å². The van der Waals surface area contributed by atoms with Crippen molar-refractivity contribution in [3.8, 4) is 0 Å². The van der Waals surface area contributed by atoms with Crippen molar-refractivity contribution in [1.29, 1.82) is 0 Å². The molecule has 0 saturated carbocycles. The highest BCUT2D eigenvalue weighted by Gasteiger charge is 2.13. The molecule has 0 aliphatic rings. The molecule has 62 valence electrons. The minimum absolute atomic E-state index is 0.121. The number of hydrogen-bond donors (Lipinski definition) is 2. The summed E-state index contributed by atoms with van der Waals surface area (Å²) in [7, 11) is 0. The molecule has 0 aromatic carbocycles. The molecule has 0 bridgehead atoms. The maximum atomic E-state index is 5.93. The minimum atomic E-state index is 0.121. The van der Waals surface area contributed by atoms with Gasteiger partial charge in [0.15, 0.2) is 0 Å². The normalized spacial score (nSPS) is 13.9. The number of halogens is 1. The molecule has 1 aromatic heterocycles. The second-order valence-electron chi connectivity index (χ2n) is 3.02. The Hall–Kier alpha value is -0.280. The standard InChI is InChI=1S/C8H13BrN2/c1-5(2)7(10)6-3-4-11-8(6)9/h3-5,7,11H,10H2,1-2H3/t7-/m0/s1. The van der Waals surface area contributed by atoms with Gasteiger partial charge in [0.05, 0.1) is 4.60 Å². The second kappa shape index (κ2) is 3.41. The van der Waals surface area contributed by atoms with E-state index in [0.29, 0.717) is 5.92 Å². The van der Waals surface area contributed by atoms with Crippen LogP contribution >= 0.6 is 15.9 Å². The molecule has 0 aliphatic heterocycles. The van der Waals surface area contributed by atoms with E-state index in [1.807, 2.05) is 12.3 Å². The lowest BCUT2D eigenvalue weighted by Crippen LogP contribution is -2.16. The first kappa shape index (κ1) is 8.81. The second-order valence-corrected chi connectivity index (χ2v) is 3.81. The van der Waals surface area contributed by atoms with E-state index in [9.17, 15) is 0 Å². The van der Waals surface area contributed by atoms with Crippen molar-refractivity contribution in [1.82, 2.24) is 4.98 Å². The van der Waals surface area contributed by atoms with E-state index in [2.05, 4.69) is 34.8 Å². The third kappa shape index (κ3) is 1.84. The Bertz CT molecular complexity index is 230. The fraction of sp³-hybridized carbons (Fsp3) is 0.500. The summed E-state index contributed by atoms with van der Waals surface area (Å²) in [5.74, 6) is 0.474. The lowest BCUT2D eigenvalue weighted by atomic mass is 10.00. The first-order chi connectivity index (χ1) is 5.13. The Labute approximate surface area is 75.3 Å². The molecule has 0 saturated heterocycles. The van der Waals surface area contributed by atoms with Crippen molar-refractivity contribution in [3.05, 3.63) is 22.4 Å². The molecule has 0 aliphatic carbocycles. The lowest BCUT2D eigenvalue weighted by Gasteiger charge is -2.14. The Kier molecular flexibility index (Phi) is 2.73. The van der Waals surface area contributed by atoms with Gasteiger partial charge < -0.3 is 10.7 Å². The molecule has 0 amide bonds. The molecule has 1 atom stereocenters. The van der Waals surface area contributed by atoms with Gasteiger partial charge in [-0.25, -0.2) is 0 Å². The fourth-order valence-electron chi connectivity index (χ4n) is 0.978. The number of aromatic amines is 1. The van der Waals surface area contributed by atoms with Crippen molar-refractivity contribution < 1.29 is 0 Å². The maximum Gasteiger partial charge on any atom is 0.0868 e. The van der Waals surface area contributed by atoms with Gasteiger partial charge >= 0.3 is 0 Å². The third-order valence-electron chi connectivity index (χ3n) is 1.80. The van der Waals surface area contributed by atoms with E-state index in [0.717, 1.165) is 10.2 Å². The van der Waals surface area contributed by atoms with E-state index in [1.165, 1.54) is 0 Å². The molecule has 0 spiro atoms. The van der Waals surface area contributed by atoms with Crippen LogP contribution in [0.3, 0.4) is 0 Å². The summed E-state index contributed by atoms with van der Waals surface area (Å²) in [6.45, 7) is 4.23. The van der Waals surface area contributed by atoms with Gasteiger partial charge in [-0.2, -0.15) is 0 Å². The van der Waals surface area contributed by atoms with Crippen LogP contribution in [0, 0.1) is 5.92 Å². The summed E-state index contributed by atoms with van der Waals surface area (Å²) in [6, 6.07) is 2.13. The highest BCUT2D eigenvalue weighted by Crippen LogP contribution is 2.24. The van der Waals surface area contributed by atoms with Crippen LogP contribution in [0.5, 0.6) is 0 Å². The van der Waals surface area contributed by atoms with Crippen LogP contribution < -0.4 is 5.73 Å². The van der Waals surface area contributed by atoms with Crippen LogP contribution in [-0.2, 0) is 0 Å². The number of rotatable bonds is 2. The molecule has 2 nitrogen and oxygen atoms in total. The van der Waals surface area contributed by atoms with Gasteiger partial charge in [-0.3, -0.25) is 0 Å². The zero-order chi connectivity index (χ0) is 8.43. The van der Waals surface area contributed by atoms with Crippen LogP contribution in [0.4, 0.5) is 0 Å². The summed E-state index contributed by atoms with van der Waals surface area (Å²) >= 11 is 3.40. The molecule has 0 unspecified atom stereocenters. The van der Waals surface area contributed by atoms with Crippen LogP contribution in [0.25, 0.3) is 0 Å². The number of hydrogen-bond acceptors (Lipinski definition) is 1. The van der Waals surface area contributed by atoms with Gasteiger partial charge in [0.25, 0.3) is 0 Å². The first-order valence-corrected chi connectivity index (χ1v) is 4.50. The smallest absolute Gasteiger partial charge is 0.0868 e. The average molecular weight is 217 g/mol. The molecule has 11 heavy (non-hydrogen) atoms. The molecule has 1 aromatic rings. The number of aromatic nitrogens is 1. The summed E-state index contributed by atoms with van der Waals surface area (Å²) in [5.41, 5.74) is 7.09. The Morgan fingerprint density at radius 3 is 2.55 bits per heavy atom.